The second kappa shape index (κ2) is 11.8. The first-order chi connectivity index (χ1) is 15.8. The predicted octanol–water partition coefficient (Wildman–Crippen LogP) is 5.97. The van der Waals surface area contributed by atoms with E-state index >= 15 is 0 Å². The molecule has 1 aliphatic carbocycles. The van der Waals surface area contributed by atoms with Gasteiger partial charge in [0.05, 0.1) is 10.0 Å². The minimum atomic E-state index is -0.656. The maximum absolute atomic E-state index is 13.3. The zero-order valence-electron chi connectivity index (χ0n) is 19.4. The lowest BCUT2D eigenvalue weighted by Gasteiger charge is -2.30. The van der Waals surface area contributed by atoms with E-state index in [-0.39, 0.29) is 36.9 Å². The van der Waals surface area contributed by atoms with Crippen LogP contribution in [-0.4, -0.2) is 35.4 Å². The van der Waals surface area contributed by atoms with Crippen LogP contribution in [0.5, 0.6) is 5.75 Å². The van der Waals surface area contributed by atoms with Crippen molar-refractivity contribution >= 4 is 35.0 Å². The van der Waals surface area contributed by atoms with Gasteiger partial charge in [-0.25, -0.2) is 0 Å². The first kappa shape index (κ1) is 25.4. The van der Waals surface area contributed by atoms with E-state index < -0.39 is 6.04 Å². The van der Waals surface area contributed by atoms with Crippen LogP contribution < -0.4 is 10.1 Å². The summed E-state index contributed by atoms with van der Waals surface area (Å²) in [7, 11) is 0. The number of hydrogen-bond acceptors (Lipinski definition) is 3. The molecular weight excluding hydrogens is 459 g/mol. The van der Waals surface area contributed by atoms with Gasteiger partial charge in [0.1, 0.15) is 11.8 Å². The van der Waals surface area contributed by atoms with Crippen molar-refractivity contribution in [3.8, 4) is 5.75 Å². The van der Waals surface area contributed by atoms with Gasteiger partial charge in [0, 0.05) is 12.6 Å². The smallest absolute Gasteiger partial charge is 0.261 e. The van der Waals surface area contributed by atoms with Gasteiger partial charge in [-0.1, -0.05) is 74.2 Å². The van der Waals surface area contributed by atoms with Crippen molar-refractivity contribution in [2.45, 2.75) is 71.0 Å². The fraction of sp³-hybridized carbons (Fsp3) is 0.462. The van der Waals surface area contributed by atoms with E-state index in [1.807, 2.05) is 30.3 Å². The summed E-state index contributed by atoms with van der Waals surface area (Å²) in [5, 5.41) is 3.95. The molecule has 0 radical (unpaired) electrons. The molecule has 0 saturated heterocycles. The van der Waals surface area contributed by atoms with E-state index in [9.17, 15) is 9.59 Å². The van der Waals surface area contributed by atoms with E-state index in [0.29, 0.717) is 15.8 Å². The molecule has 0 spiro atoms. The van der Waals surface area contributed by atoms with Gasteiger partial charge in [0.15, 0.2) is 6.61 Å². The maximum Gasteiger partial charge on any atom is 0.261 e. The normalized spacial score (nSPS) is 14.8. The maximum atomic E-state index is 13.3. The largest absolute Gasteiger partial charge is 0.483 e. The summed E-state index contributed by atoms with van der Waals surface area (Å²) in [6, 6.07) is 12.4. The molecule has 0 aliphatic heterocycles. The molecule has 33 heavy (non-hydrogen) atoms. The second-order valence-electron chi connectivity index (χ2n) is 8.92. The van der Waals surface area contributed by atoms with Crippen molar-refractivity contribution < 1.29 is 14.3 Å². The molecule has 2 amide bonds. The summed E-state index contributed by atoms with van der Waals surface area (Å²) in [5.41, 5.74) is 1.83. The Hall–Kier alpha value is -2.24. The van der Waals surface area contributed by atoms with Gasteiger partial charge in [0.25, 0.3) is 5.91 Å². The van der Waals surface area contributed by atoms with Gasteiger partial charge < -0.3 is 15.0 Å². The van der Waals surface area contributed by atoms with Gasteiger partial charge in [-0.2, -0.15) is 0 Å². The Morgan fingerprint density at radius 3 is 2.42 bits per heavy atom. The molecule has 178 valence electrons. The molecule has 5 nitrogen and oxygen atoms in total. The van der Waals surface area contributed by atoms with Gasteiger partial charge in [0.2, 0.25) is 5.91 Å². The summed E-state index contributed by atoms with van der Waals surface area (Å²) in [6.45, 7) is 5.98. The highest BCUT2D eigenvalue weighted by Crippen LogP contribution is 2.27. The third-order valence-corrected chi connectivity index (χ3v) is 6.84. The number of carbonyl (C=O) groups is 2. The highest BCUT2D eigenvalue weighted by Gasteiger charge is 2.29. The SMILES string of the molecule is CC(C)c1ccccc1OCC(=O)N(Cc1ccc(Cl)c(Cl)c1)[C@H](C)C(=O)NC1CCCC1. The molecule has 1 N–H and O–H groups in total. The highest BCUT2D eigenvalue weighted by molar-refractivity contribution is 6.42. The zero-order chi connectivity index (χ0) is 24.0. The molecule has 1 aliphatic rings. The molecule has 0 bridgehead atoms. The Balaban J connectivity index is 1.76. The van der Waals surface area contributed by atoms with Crippen LogP contribution in [0, 0.1) is 0 Å². The fourth-order valence-corrected chi connectivity index (χ4v) is 4.44. The lowest BCUT2D eigenvalue weighted by Crippen LogP contribution is -2.50. The van der Waals surface area contributed by atoms with Crippen molar-refractivity contribution in [2.24, 2.45) is 0 Å². The molecule has 0 heterocycles. The van der Waals surface area contributed by atoms with Crippen molar-refractivity contribution in [1.82, 2.24) is 10.2 Å². The summed E-state index contributed by atoms with van der Waals surface area (Å²) in [4.78, 5) is 27.8. The number of amides is 2. The van der Waals surface area contributed by atoms with E-state index in [4.69, 9.17) is 27.9 Å². The minimum Gasteiger partial charge on any atom is -0.483 e. The molecule has 1 atom stereocenters. The molecule has 0 aromatic heterocycles. The monoisotopic (exact) mass is 490 g/mol. The van der Waals surface area contributed by atoms with E-state index in [0.717, 1.165) is 36.8 Å². The van der Waals surface area contributed by atoms with Crippen LogP contribution in [0.25, 0.3) is 0 Å². The van der Waals surface area contributed by atoms with Crippen molar-refractivity contribution in [1.29, 1.82) is 0 Å². The van der Waals surface area contributed by atoms with Crippen LogP contribution >= 0.6 is 23.2 Å². The Morgan fingerprint density at radius 1 is 1.06 bits per heavy atom. The van der Waals surface area contributed by atoms with Crippen LogP contribution in [0.15, 0.2) is 42.5 Å². The Kier molecular flexibility index (Phi) is 9.04. The second-order valence-corrected chi connectivity index (χ2v) is 9.73. The molecule has 1 saturated carbocycles. The molecule has 3 rings (SSSR count). The topological polar surface area (TPSA) is 58.6 Å². The average Bonchev–Trinajstić information content (AvgIpc) is 3.30. The molecule has 2 aromatic rings. The lowest BCUT2D eigenvalue weighted by atomic mass is 10.0. The van der Waals surface area contributed by atoms with Crippen LogP contribution in [0.1, 0.15) is 63.5 Å². The van der Waals surface area contributed by atoms with Crippen LogP contribution in [0.2, 0.25) is 10.0 Å². The number of hydrogen-bond donors (Lipinski definition) is 1. The number of benzene rings is 2. The third kappa shape index (κ3) is 6.87. The van der Waals surface area contributed by atoms with E-state index in [2.05, 4.69) is 19.2 Å². The Morgan fingerprint density at radius 2 is 1.76 bits per heavy atom. The Labute approximate surface area is 206 Å². The number of nitrogens with zero attached hydrogens (tertiary/aromatic N) is 1. The van der Waals surface area contributed by atoms with Crippen molar-refractivity contribution in [2.75, 3.05) is 6.61 Å². The number of ether oxygens (including phenoxy) is 1. The molecule has 1 fully saturated rings. The van der Waals surface area contributed by atoms with Gasteiger partial charge in [-0.3, -0.25) is 9.59 Å². The molecule has 7 heteroatoms. The highest BCUT2D eigenvalue weighted by atomic mass is 35.5. The van der Waals surface area contributed by atoms with Crippen LogP contribution in [0.4, 0.5) is 0 Å². The van der Waals surface area contributed by atoms with E-state index in [1.165, 1.54) is 0 Å². The van der Waals surface area contributed by atoms with Crippen LogP contribution in [0.3, 0.4) is 0 Å². The standard InChI is InChI=1S/C26H32Cl2N2O3/c1-17(2)21-10-6-7-11-24(21)33-16-25(31)30(15-19-12-13-22(27)23(28)14-19)18(3)26(32)29-20-8-4-5-9-20/h6-7,10-14,17-18,20H,4-5,8-9,15-16H2,1-3H3,(H,29,32)/t18-/m1/s1. The average molecular weight is 491 g/mol. The number of carbonyl (C=O) groups excluding carboxylic acids is 2. The summed E-state index contributed by atoms with van der Waals surface area (Å²) >= 11 is 12.2. The molecule has 2 aromatic carbocycles. The van der Waals surface area contributed by atoms with Gasteiger partial charge in [-0.15, -0.1) is 0 Å². The summed E-state index contributed by atoms with van der Waals surface area (Å²) in [5.74, 6) is 0.518. The molecule has 0 unspecified atom stereocenters. The van der Waals surface area contributed by atoms with Crippen LogP contribution in [-0.2, 0) is 16.1 Å². The lowest BCUT2D eigenvalue weighted by molar-refractivity contribution is -0.142. The number of rotatable bonds is 9. The first-order valence-electron chi connectivity index (χ1n) is 11.5. The summed E-state index contributed by atoms with van der Waals surface area (Å²) < 4.78 is 5.92. The number of halogens is 2. The third-order valence-electron chi connectivity index (χ3n) is 6.10. The Bertz CT molecular complexity index is 974. The van der Waals surface area contributed by atoms with E-state index in [1.54, 1.807) is 24.0 Å². The van der Waals surface area contributed by atoms with Crippen molar-refractivity contribution in [3.05, 3.63) is 63.6 Å². The quantitative estimate of drug-likeness (QED) is 0.470. The van der Waals surface area contributed by atoms with Gasteiger partial charge >= 0.3 is 0 Å². The number of para-hydroxylation sites is 1. The number of nitrogens with one attached hydrogen (secondary N) is 1. The first-order valence-corrected chi connectivity index (χ1v) is 12.3. The predicted molar refractivity (Wildman–Crippen MR) is 133 cm³/mol. The van der Waals surface area contributed by atoms with Gasteiger partial charge in [-0.05, 0) is 55.0 Å². The molecular formula is C26H32Cl2N2O3. The summed E-state index contributed by atoms with van der Waals surface area (Å²) in [6.07, 6.45) is 4.20. The minimum absolute atomic E-state index is 0.155. The zero-order valence-corrected chi connectivity index (χ0v) is 21.0. The van der Waals surface area contributed by atoms with Crippen molar-refractivity contribution in [3.63, 3.8) is 0 Å². The fourth-order valence-electron chi connectivity index (χ4n) is 4.12.